The molecule has 0 saturated heterocycles. The Bertz CT molecular complexity index is 534. The predicted molar refractivity (Wildman–Crippen MR) is 78.3 cm³/mol. The number of rotatable bonds is 4. The Morgan fingerprint density at radius 3 is 2.71 bits per heavy atom. The highest BCUT2D eigenvalue weighted by molar-refractivity contribution is 7.97. The van der Waals surface area contributed by atoms with Crippen LogP contribution >= 0.6 is 23.1 Å². The topological polar surface area (TPSA) is 37.8 Å². The lowest BCUT2D eigenvalue weighted by Gasteiger charge is -2.07. The second-order valence-electron chi connectivity index (χ2n) is 3.92. The third-order valence-corrected chi connectivity index (χ3v) is 4.34. The van der Waals surface area contributed by atoms with Crippen LogP contribution in [0.1, 0.15) is 23.2 Å². The lowest BCUT2D eigenvalue weighted by atomic mass is 10.2. The van der Waals surface area contributed by atoms with Crippen molar-refractivity contribution >= 4 is 39.1 Å². The summed E-state index contributed by atoms with van der Waals surface area (Å²) in [7, 11) is 0. The summed E-state index contributed by atoms with van der Waals surface area (Å²) in [5.74, 6) is 2.77. The number of anilines is 1. The molecule has 17 heavy (non-hydrogen) atoms. The van der Waals surface area contributed by atoms with Gasteiger partial charge in [0.15, 0.2) is 0 Å². The van der Waals surface area contributed by atoms with E-state index in [0.29, 0.717) is 0 Å². The van der Waals surface area contributed by atoms with Crippen LogP contribution in [0, 0.1) is 13.8 Å². The van der Waals surface area contributed by atoms with Crippen molar-refractivity contribution in [2.24, 2.45) is 0 Å². The quantitative estimate of drug-likeness (QED) is 0.918. The highest BCUT2D eigenvalue weighted by Crippen LogP contribution is 2.33. The number of thioether (sulfide) groups is 1. The third-order valence-electron chi connectivity index (χ3n) is 2.69. The third kappa shape index (κ3) is 2.40. The maximum absolute atomic E-state index is 4.64. The molecule has 2 aromatic heterocycles. The van der Waals surface area contributed by atoms with Crippen LogP contribution in [0.5, 0.6) is 0 Å². The number of hydrogen-bond donors (Lipinski definition) is 1. The fourth-order valence-corrected chi connectivity index (χ4v) is 3.22. The largest absolute Gasteiger partial charge is 0.370 e. The van der Waals surface area contributed by atoms with Crippen LogP contribution in [0.2, 0.25) is 0 Å². The maximum Gasteiger partial charge on any atom is 0.142 e. The second kappa shape index (κ2) is 5.23. The standard InChI is InChI=1S/C12H17N3S2/c1-5-13-11-10-7(2)8(3)17-12(10)15-9(14-11)6-16-4/h5-6H2,1-4H3,(H,13,14,15). The van der Waals surface area contributed by atoms with Crippen molar-refractivity contribution in [1.29, 1.82) is 0 Å². The number of aromatic nitrogens is 2. The van der Waals surface area contributed by atoms with E-state index in [-0.39, 0.29) is 0 Å². The van der Waals surface area contributed by atoms with E-state index in [0.717, 1.165) is 28.8 Å². The fourth-order valence-electron chi connectivity index (χ4n) is 1.78. The van der Waals surface area contributed by atoms with Gasteiger partial charge in [-0.25, -0.2) is 9.97 Å². The first-order chi connectivity index (χ1) is 8.17. The summed E-state index contributed by atoms with van der Waals surface area (Å²) in [5.41, 5.74) is 1.30. The van der Waals surface area contributed by atoms with Gasteiger partial charge in [-0.2, -0.15) is 11.8 Å². The predicted octanol–water partition coefficient (Wildman–Crippen LogP) is 3.60. The molecule has 5 heteroatoms. The molecule has 2 rings (SSSR count). The maximum atomic E-state index is 4.64. The molecule has 0 fully saturated rings. The zero-order valence-corrected chi connectivity index (χ0v) is 12.3. The summed E-state index contributed by atoms with van der Waals surface area (Å²) in [5, 5.41) is 4.54. The molecule has 0 bridgehead atoms. The van der Waals surface area contributed by atoms with Crippen LogP contribution < -0.4 is 5.32 Å². The molecule has 0 aromatic carbocycles. The highest BCUT2D eigenvalue weighted by Gasteiger charge is 2.13. The summed E-state index contributed by atoms with van der Waals surface area (Å²) >= 11 is 3.51. The second-order valence-corrected chi connectivity index (χ2v) is 5.98. The first kappa shape index (κ1) is 12.6. The molecule has 0 aliphatic heterocycles. The lowest BCUT2D eigenvalue weighted by Crippen LogP contribution is -2.03. The Labute approximate surface area is 110 Å². The number of aryl methyl sites for hydroxylation is 2. The molecule has 2 heterocycles. The van der Waals surface area contributed by atoms with Gasteiger partial charge < -0.3 is 5.32 Å². The van der Waals surface area contributed by atoms with Crippen LogP contribution in [0.25, 0.3) is 10.2 Å². The average molecular weight is 267 g/mol. The minimum Gasteiger partial charge on any atom is -0.370 e. The Morgan fingerprint density at radius 1 is 1.29 bits per heavy atom. The molecule has 0 saturated carbocycles. The minimum absolute atomic E-state index is 0.865. The first-order valence-corrected chi connectivity index (χ1v) is 7.87. The van der Waals surface area contributed by atoms with Crippen molar-refractivity contribution in [3.8, 4) is 0 Å². The van der Waals surface area contributed by atoms with Crippen molar-refractivity contribution in [3.63, 3.8) is 0 Å². The molecular formula is C12H17N3S2. The summed E-state index contributed by atoms with van der Waals surface area (Å²) in [6.45, 7) is 7.27. The van der Waals surface area contributed by atoms with E-state index in [1.165, 1.54) is 15.8 Å². The van der Waals surface area contributed by atoms with Gasteiger partial charge in [-0.15, -0.1) is 11.3 Å². The van der Waals surface area contributed by atoms with Gasteiger partial charge in [-0.3, -0.25) is 0 Å². The van der Waals surface area contributed by atoms with Crippen molar-refractivity contribution in [2.45, 2.75) is 26.5 Å². The van der Waals surface area contributed by atoms with E-state index in [9.17, 15) is 0 Å². The minimum atomic E-state index is 0.865. The number of nitrogens with one attached hydrogen (secondary N) is 1. The fraction of sp³-hybridized carbons (Fsp3) is 0.500. The SMILES string of the molecule is CCNc1nc(CSC)nc2sc(C)c(C)c12. The van der Waals surface area contributed by atoms with Gasteiger partial charge in [-0.05, 0) is 32.6 Å². The van der Waals surface area contributed by atoms with Gasteiger partial charge in [0, 0.05) is 11.4 Å². The molecule has 1 N–H and O–H groups in total. The Hall–Kier alpha value is -0.810. The van der Waals surface area contributed by atoms with Gasteiger partial charge in [0.2, 0.25) is 0 Å². The number of nitrogens with zero attached hydrogens (tertiary/aromatic N) is 2. The van der Waals surface area contributed by atoms with Crippen LogP contribution in [-0.2, 0) is 5.75 Å². The van der Waals surface area contributed by atoms with Gasteiger partial charge in [0.05, 0.1) is 11.1 Å². The molecule has 0 radical (unpaired) electrons. The molecule has 0 amide bonds. The molecule has 2 aromatic rings. The highest BCUT2D eigenvalue weighted by atomic mass is 32.2. The number of thiophene rings is 1. The molecule has 0 atom stereocenters. The Kier molecular flexibility index (Phi) is 3.89. The van der Waals surface area contributed by atoms with Crippen LogP contribution in [0.4, 0.5) is 5.82 Å². The van der Waals surface area contributed by atoms with E-state index in [1.54, 1.807) is 23.1 Å². The average Bonchev–Trinajstić information content (AvgIpc) is 2.56. The number of fused-ring (bicyclic) bond motifs is 1. The van der Waals surface area contributed by atoms with Crippen LogP contribution in [-0.4, -0.2) is 22.8 Å². The van der Waals surface area contributed by atoms with E-state index >= 15 is 0 Å². The molecule has 3 nitrogen and oxygen atoms in total. The van der Waals surface area contributed by atoms with E-state index in [1.807, 2.05) is 0 Å². The molecule has 0 unspecified atom stereocenters. The van der Waals surface area contributed by atoms with Crippen LogP contribution in [0.3, 0.4) is 0 Å². The van der Waals surface area contributed by atoms with Crippen molar-refractivity contribution in [3.05, 3.63) is 16.3 Å². The van der Waals surface area contributed by atoms with Crippen molar-refractivity contribution in [1.82, 2.24) is 9.97 Å². The summed E-state index contributed by atoms with van der Waals surface area (Å²) in [6, 6.07) is 0. The van der Waals surface area contributed by atoms with Crippen molar-refractivity contribution in [2.75, 3.05) is 18.1 Å². The molecular weight excluding hydrogens is 250 g/mol. The molecule has 92 valence electrons. The van der Waals surface area contributed by atoms with Crippen LogP contribution in [0.15, 0.2) is 0 Å². The molecule has 0 spiro atoms. The van der Waals surface area contributed by atoms with E-state index in [2.05, 4.69) is 42.3 Å². The van der Waals surface area contributed by atoms with E-state index in [4.69, 9.17) is 0 Å². The molecule has 0 aliphatic carbocycles. The zero-order chi connectivity index (χ0) is 12.4. The Morgan fingerprint density at radius 2 is 2.06 bits per heavy atom. The van der Waals surface area contributed by atoms with Gasteiger partial charge in [0.1, 0.15) is 16.5 Å². The summed E-state index contributed by atoms with van der Waals surface area (Å²) in [4.78, 5) is 11.7. The first-order valence-electron chi connectivity index (χ1n) is 5.66. The normalized spacial score (nSPS) is 11.1. The zero-order valence-electron chi connectivity index (χ0n) is 10.6. The summed E-state index contributed by atoms with van der Waals surface area (Å²) < 4.78 is 0. The molecule has 0 aliphatic rings. The van der Waals surface area contributed by atoms with Gasteiger partial charge >= 0.3 is 0 Å². The lowest BCUT2D eigenvalue weighted by molar-refractivity contribution is 1.06. The van der Waals surface area contributed by atoms with Gasteiger partial charge in [-0.1, -0.05) is 0 Å². The number of hydrogen-bond acceptors (Lipinski definition) is 5. The summed E-state index contributed by atoms with van der Waals surface area (Å²) in [6.07, 6.45) is 2.07. The monoisotopic (exact) mass is 267 g/mol. The van der Waals surface area contributed by atoms with Crippen molar-refractivity contribution < 1.29 is 0 Å². The van der Waals surface area contributed by atoms with Gasteiger partial charge in [0.25, 0.3) is 0 Å². The van der Waals surface area contributed by atoms with E-state index < -0.39 is 0 Å². The Balaban J connectivity index is 2.63. The smallest absolute Gasteiger partial charge is 0.142 e.